The summed E-state index contributed by atoms with van der Waals surface area (Å²) in [4.78, 5) is 51.9. The molecule has 1 N–H and O–H groups in total. The molecular formula is C17H19N3O6. The van der Waals surface area contributed by atoms with Gasteiger partial charge in [0.2, 0.25) is 0 Å². The molecule has 2 heterocycles. The third-order valence-electron chi connectivity index (χ3n) is 4.48. The second-order valence-electron chi connectivity index (χ2n) is 6.03. The summed E-state index contributed by atoms with van der Waals surface area (Å²) >= 11 is 0. The average Bonchev–Trinajstić information content (AvgIpc) is 2.89. The number of nitrogens with zero attached hydrogens (tertiary/aromatic N) is 3. The van der Waals surface area contributed by atoms with Crippen LogP contribution in [0.2, 0.25) is 0 Å². The number of carbonyl (C=O) groups is 4. The maximum Gasteiger partial charge on any atom is 0.341 e. The normalized spacial score (nSPS) is 19.6. The summed E-state index contributed by atoms with van der Waals surface area (Å²) < 4.78 is 5.04. The van der Waals surface area contributed by atoms with E-state index in [2.05, 4.69) is 0 Å². The largest absolute Gasteiger partial charge is 0.482 e. The molecule has 2 saturated heterocycles. The number of amides is 4. The minimum Gasteiger partial charge on any atom is -0.482 e. The molecule has 1 aromatic rings. The molecule has 2 aliphatic rings. The molecule has 9 heteroatoms. The van der Waals surface area contributed by atoms with Crippen molar-refractivity contribution in [1.82, 2.24) is 14.7 Å². The first kappa shape index (κ1) is 17.7. The predicted molar refractivity (Wildman–Crippen MR) is 88.8 cm³/mol. The first-order valence-electron chi connectivity index (χ1n) is 8.28. The number of hydrogen-bond acceptors (Lipinski definition) is 5. The molecule has 0 saturated carbocycles. The monoisotopic (exact) mass is 361 g/mol. The van der Waals surface area contributed by atoms with Gasteiger partial charge in [-0.3, -0.25) is 14.5 Å². The van der Waals surface area contributed by atoms with Crippen molar-refractivity contribution < 1.29 is 29.0 Å². The number of aliphatic carboxylic acids is 1. The van der Waals surface area contributed by atoms with Crippen LogP contribution in [0.5, 0.6) is 5.75 Å². The number of carboxylic acids is 1. The summed E-state index contributed by atoms with van der Waals surface area (Å²) in [7, 11) is 0. The van der Waals surface area contributed by atoms with E-state index in [1.165, 1.54) is 21.9 Å². The van der Waals surface area contributed by atoms with E-state index >= 15 is 0 Å². The number of rotatable bonds is 5. The van der Waals surface area contributed by atoms with Gasteiger partial charge in [0, 0.05) is 25.2 Å². The van der Waals surface area contributed by atoms with Crippen LogP contribution in [0.1, 0.15) is 17.3 Å². The van der Waals surface area contributed by atoms with Crippen molar-refractivity contribution in [2.75, 3.05) is 32.8 Å². The summed E-state index contributed by atoms with van der Waals surface area (Å²) in [5, 5.41) is 8.59. The van der Waals surface area contributed by atoms with Gasteiger partial charge in [0.15, 0.2) is 6.61 Å². The van der Waals surface area contributed by atoms with Gasteiger partial charge in [-0.1, -0.05) is 0 Å². The number of benzene rings is 1. The lowest BCUT2D eigenvalue weighted by molar-refractivity contribution is -0.139. The SMILES string of the molecule is CCN1C(=O)C2CN(C(=O)c3ccc(OCC(=O)O)cc3)CCN2C1=O. The van der Waals surface area contributed by atoms with Crippen LogP contribution >= 0.6 is 0 Å². The molecule has 9 nitrogen and oxygen atoms in total. The molecule has 2 fully saturated rings. The Balaban J connectivity index is 1.67. The standard InChI is InChI=1S/C17H19N3O6/c1-2-19-16(24)13-9-18(7-8-20(13)17(19)25)15(23)11-3-5-12(6-4-11)26-10-14(21)22/h3-6,13H,2,7-10H2,1H3,(H,21,22). The second-order valence-corrected chi connectivity index (χ2v) is 6.03. The van der Waals surface area contributed by atoms with Crippen LogP contribution in [-0.2, 0) is 9.59 Å². The van der Waals surface area contributed by atoms with E-state index in [0.717, 1.165) is 0 Å². The van der Waals surface area contributed by atoms with Crippen molar-refractivity contribution in [2.45, 2.75) is 13.0 Å². The Kier molecular flexibility index (Phi) is 4.79. The topological polar surface area (TPSA) is 107 Å². The van der Waals surface area contributed by atoms with Gasteiger partial charge in [-0.05, 0) is 31.2 Å². The highest BCUT2D eigenvalue weighted by Gasteiger charge is 2.47. The minimum atomic E-state index is -1.08. The van der Waals surface area contributed by atoms with Gasteiger partial charge in [0.05, 0.1) is 6.54 Å². The van der Waals surface area contributed by atoms with Gasteiger partial charge in [-0.25, -0.2) is 9.59 Å². The first-order chi connectivity index (χ1) is 12.4. The van der Waals surface area contributed by atoms with E-state index in [0.29, 0.717) is 30.9 Å². The summed E-state index contributed by atoms with van der Waals surface area (Å²) in [5.74, 6) is -1.25. The van der Waals surface area contributed by atoms with Crippen molar-refractivity contribution in [3.63, 3.8) is 0 Å². The Hall–Kier alpha value is -3.10. The zero-order valence-electron chi connectivity index (χ0n) is 14.3. The second kappa shape index (κ2) is 7.03. The molecule has 3 rings (SSSR count). The molecule has 26 heavy (non-hydrogen) atoms. The van der Waals surface area contributed by atoms with Crippen LogP contribution in [0.25, 0.3) is 0 Å². The minimum absolute atomic E-state index is 0.164. The van der Waals surface area contributed by atoms with Gasteiger partial charge < -0.3 is 19.6 Å². The van der Waals surface area contributed by atoms with Crippen LogP contribution in [0.15, 0.2) is 24.3 Å². The molecular weight excluding hydrogens is 342 g/mol. The third kappa shape index (κ3) is 3.19. The highest BCUT2D eigenvalue weighted by Crippen LogP contribution is 2.23. The lowest BCUT2D eigenvalue weighted by Gasteiger charge is -2.35. The average molecular weight is 361 g/mol. The van der Waals surface area contributed by atoms with Gasteiger partial charge in [-0.2, -0.15) is 0 Å². The van der Waals surface area contributed by atoms with Crippen molar-refractivity contribution in [1.29, 1.82) is 0 Å². The number of carbonyl (C=O) groups excluding carboxylic acids is 3. The van der Waals surface area contributed by atoms with Gasteiger partial charge in [0.1, 0.15) is 11.8 Å². The third-order valence-corrected chi connectivity index (χ3v) is 4.48. The number of urea groups is 1. The van der Waals surface area contributed by atoms with Crippen LogP contribution < -0.4 is 4.74 Å². The molecule has 0 radical (unpaired) electrons. The molecule has 0 bridgehead atoms. The van der Waals surface area contributed by atoms with Gasteiger partial charge in [-0.15, -0.1) is 0 Å². The number of fused-ring (bicyclic) bond motifs is 1. The summed E-state index contributed by atoms with van der Waals surface area (Å²) in [6, 6.07) is 5.22. The van der Waals surface area contributed by atoms with Gasteiger partial charge >= 0.3 is 12.0 Å². The maximum absolute atomic E-state index is 12.7. The lowest BCUT2D eigenvalue weighted by Crippen LogP contribution is -2.54. The molecule has 0 aliphatic carbocycles. The zero-order valence-corrected chi connectivity index (χ0v) is 14.3. The van der Waals surface area contributed by atoms with Gasteiger partial charge in [0.25, 0.3) is 11.8 Å². The number of piperazine rings is 1. The number of imide groups is 1. The van der Waals surface area contributed by atoms with E-state index in [1.54, 1.807) is 24.0 Å². The van der Waals surface area contributed by atoms with E-state index in [4.69, 9.17) is 9.84 Å². The van der Waals surface area contributed by atoms with E-state index < -0.39 is 18.6 Å². The van der Waals surface area contributed by atoms with Crippen LogP contribution in [-0.4, -0.2) is 82.4 Å². The van der Waals surface area contributed by atoms with E-state index in [1.807, 2.05) is 0 Å². The Morgan fingerprint density at radius 2 is 1.88 bits per heavy atom. The van der Waals surface area contributed by atoms with Crippen LogP contribution in [0.3, 0.4) is 0 Å². The molecule has 0 spiro atoms. The summed E-state index contributed by atoms with van der Waals surface area (Å²) in [6.07, 6.45) is 0. The van der Waals surface area contributed by atoms with Crippen LogP contribution in [0.4, 0.5) is 4.79 Å². The fourth-order valence-electron chi connectivity index (χ4n) is 3.15. The fraction of sp³-hybridized carbons (Fsp3) is 0.412. The molecule has 2 aliphatic heterocycles. The number of ether oxygens (including phenoxy) is 1. The highest BCUT2D eigenvalue weighted by atomic mass is 16.5. The Bertz CT molecular complexity index is 747. The first-order valence-corrected chi connectivity index (χ1v) is 8.28. The zero-order chi connectivity index (χ0) is 18.8. The van der Waals surface area contributed by atoms with Crippen molar-refractivity contribution in [3.05, 3.63) is 29.8 Å². The number of likely N-dealkylation sites (N-methyl/N-ethyl adjacent to an activating group) is 1. The fourth-order valence-corrected chi connectivity index (χ4v) is 3.15. The maximum atomic E-state index is 12.7. The Labute approximate surface area is 149 Å². The quantitative estimate of drug-likeness (QED) is 0.754. The lowest BCUT2D eigenvalue weighted by atomic mass is 10.1. The summed E-state index contributed by atoms with van der Waals surface area (Å²) in [5.41, 5.74) is 0.408. The Morgan fingerprint density at radius 3 is 2.50 bits per heavy atom. The van der Waals surface area contributed by atoms with E-state index in [-0.39, 0.29) is 24.4 Å². The smallest absolute Gasteiger partial charge is 0.341 e. The van der Waals surface area contributed by atoms with E-state index in [9.17, 15) is 19.2 Å². The van der Waals surface area contributed by atoms with Crippen LogP contribution in [0, 0.1) is 0 Å². The molecule has 0 aromatic heterocycles. The predicted octanol–water partition coefficient (Wildman–Crippen LogP) is 0.258. The highest BCUT2D eigenvalue weighted by molar-refractivity contribution is 6.05. The molecule has 1 aromatic carbocycles. The van der Waals surface area contributed by atoms with Crippen molar-refractivity contribution in [2.24, 2.45) is 0 Å². The molecule has 1 atom stereocenters. The van der Waals surface area contributed by atoms with Crippen molar-refractivity contribution >= 4 is 23.8 Å². The van der Waals surface area contributed by atoms with Crippen molar-refractivity contribution in [3.8, 4) is 5.75 Å². The Morgan fingerprint density at radius 1 is 1.19 bits per heavy atom. The summed E-state index contributed by atoms with van der Waals surface area (Å²) in [6.45, 7) is 2.43. The number of hydrogen-bond donors (Lipinski definition) is 1. The molecule has 138 valence electrons. The molecule has 4 amide bonds. The number of carboxylic acid groups (broad SMARTS) is 1. The molecule has 1 unspecified atom stereocenters.